The number of nitrogens with one attached hydrogen (secondary N) is 2. The van der Waals surface area contributed by atoms with E-state index in [1.807, 2.05) is 0 Å². The van der Waals surface area contributed by atoms with Crippen molar-refractivity contribution >= 4 is 35.4 Å². The van der Waals surface area contributed by atoms with Gasteiger partial charge in [0.15, 0.2) is 23.0 Å². The van der Waals surface area contributed by atoms with Gasteiger partial charge >= 0.3 is 5.97 Å². The summed E-state index contributed by atoms with van der Waals surface area (Å²) in [7, 11) is 4.35. The number of hydrogen-bond donors (Lipinski definition) is 2. The predicted molar refractivity (Wildman–Crippen MR) is 171 cm³/mol. The van der Waals surface area contributed by atoms with Crippen LogP contribution in [-0.2, 0) is 0 Å². The zero-order valence-electron chi connectivity index (χ0n) is 25.8. The topological polar surface area (TPSA) is 177 Å². The van der Waals surface area contributed by atoms with Crippen molar-refractivity contribution in [1.29, 1.82) is 0 Å². The van der Waals surface area contributed by atoms with E-state index in [2.05, 4.69) is 15.8 Å². The first kappa shape index (κ1) is 33.5. The van der Waals surface area contributed by atoms with E-state index in [9.17, 15) is 24.5 Å². The lowest BCUT2D eigenvalue weighted by molar-refractivity contribution is -0.384. The second kappa shape index (κ2) is 15.5. The third kappa shape index (κ3) is 8.39. The van der Waals surface area contributed by atoms with Gasteiger partial charge in [0.2, 0.25) is 5.75 Å². The first-order chi connectivity index (χ1) is 22.7. The molecule has 0 saturated heterocycles. The highest BCUT2D eigenvalue weighted by atomic mass is 16.6. The first-order valence-electron chi connectivity index (χ1n) is 14.0. The lowest BCUT2D eigenvalue weighted by atomic mass is 10.1. The first-order valence-corrected chi connectivity index (χ1v) is 14.0. The lowest BCUT2D eigenvalue weighted by Gasteiger charge is -2.14. The molecule has 4 rings (SSSR count). The van der Waals surface area contributed by atoms with Gasteiger partial charge in [-0.1, -0.05) is 6.07 Å². The highest BCUT2D eigenvalue weighted by Gasteiger charge is 2.18. The molecule has 0 bridgehead atoms. The molecule has 2 N–H and O–H groups in total. The Kier molecular flexibility index (Phi) is 11.0. The molecule has 242 valence electrons. The number of anilines is 1. The van der Waals surface area contributed by atoms with Crippen LogP contribution in [0.15, 0.2) is 84.0 Å². The normalized spacial score (nSPS) is 10.6. The zero-order valence-corrected chi connectivity index (χ0v) is 25.8. The van der Waals surface area contributed by atoms with Crippen LogP contribution >= 0.6 is 0 Å². The monoisotopic (exact) mass is 642 g/mol. The number of amides is 2. The van der Waals surface area contributed by atoms with Gasteiger partial charge in [-0.15, -0.1) is 0 Å². The van der Waals surface area contributed by atoms with Crippen LogP contribution in [0.25, 0.3) is 0 Å². The van der Waals surface area contributed by atoms with Gasteiger partial charge in [0.25, 0.3) is 17.5 Å². The molecule has 0 unspecified atom stereocenters. The summed E-state index contributed by atoms with van der Waals surface area (Å²) in [6.07, 6.45) is 1.37. The van der Waals surface area contributed by atoms with Crippen molar-refractivity contribution in [1.82, 2.24) is 5.43 Å². The van der Waals surface area contributed by atoms with Gasteiger partial charge in [0, 0.05) is 28.9 Å². The smallest absolute Gasteiger partial charge is 0.343 e. The van der Waals surface area contributed by atoms with Crippen LogP contribution in [-0.4, -0.2) is 56.9 Å². The summed E-state index contributed by atoms with van der Waals surface area (Å²) >= 11 is 0. The maximum Gasteiger partial charge on any atom is 0.343 e. The third-order valence-electron chi connectivity index (χ3n) is 6.47. The summed E-state index contributed by atoms with van der Waals surface area (Å²) in [5.41, 5.74) is 3.76. The minimum atomic E-state index is -0.726. The Balaban J connectivity index is 1.41. The molecule has 0 atom stereocenters. The number of nitro groups is 1. The van der Waals surface area contributed by atoms with Crippen molar-refractivity contribution < 1.29 is 43.0 Å². The van der Waals surface area contributed by atoms with Crippen molar-refractivity contribution in [2.75, 3.05) is 33.3 Å². The number of carbonyl (C=O) groups excluding carboxylic acids is 3. The van der Waals surface area contributed by atoms with E-state index in [0.717, 1.165) is 0 Å². The van der Waals surface area contributed by atoms with Crippen molar-refractivity contribution in [3.63, 3.8) is 0 Å². The average molecular weight is 643 g/mol. The minimum absolute atomic E-state index is 0.122. The summed E-state index contributed by atoms with van der Waals surface area (Å²) in [5, 5.41) is 17.6. The molecular formula is C33H30N4O10. The largest absolute Gasteiger partial charge is 0.493 e. The van der Waals surface area contributed by atoms with Crippen molar-refractivity contribution in [3.8, 4) is 28.7 Å². The van der Waals surface area contributed by atoms with E-state index in [-0.39, 0.29) is 40.5 Å². The van der Waals surface area contributed by atoms with Gasteiger partial charge in [-0.05, 0) is 73.2 Å². The molecule has 14 heteroatoms. The number of nitro benzene ring substituents is 1. The molecule has 0 fully saturated rings. The zero-order chi connectivity index (χ0) is 33.9. The standard InChI is InChI=1S/C33H30N4O10/c1-5-46-27-15-20(9-14-26(27)47-33(40)21-10-12-25(13-11-21)37(41)42)19-34-36-32(39)22-7-6-8-24(16-22)35-31(38)23-17-28(43-2)30(45-4)29(18-23)44-3/h6-19H,5H2,1-4H3,(H,35,38)(H,36,39). The summed E-state index contributed by atoms with van der Waals surface area (Å²) in [5.74, 6) is -0.384. The van der Waals surface area contributed by atoms with E-state index in [0.29, 0.717) is 28.5 Å². The SMILES string of the molecule is CCOc1cc(C=NNC(=O)c2cccc(NC(=O)c3cc(OC)c(OC)c(OC)c3)c2)ccc1OC(=O)c1ccc([N+](=O)[O-])cc1. The molecule has 0 aliphatic rings. The van der Waals surface area contributed by atoms with Gasteiger partial charge in [-0.3, -0.25) is 19.7 Å². The molecule has 47 heavy (non-hydrogen) atoms. The molecule has 0 aliphatic heterocycles. The molecule has 0 aromatic heterocycles. The van der Waals surface area contributed by atoms with Gasteiger partial charge in [-0.2, -0.15) is 5.10 Å². The van der Waals surface area contributed by atoms with Crippen LogP contribution in [0, 0.1) is 10.1 Å². The maximum absolute atomic E-state index is 13.0. The summed E-state index contributed by atoms with van der Waals surface area (Å²) < 4.78 is 27.0. The van der Waals surface area contributed by atoms with Crippen LogP contribution in [0.4, 0.5) is 11.4 Å². The van der Waals surface area contributed by atoms with Gasteiger partial charge < -0.3 is 29.0 Å². The minimum Gasteiger partial charge on any atom is -0.493 e. The number of carbonyl (C=O) groups is 3. The molecule has 0 saturated carbocycles. The molecule has 14 nitrogen and oxygen atoms in total. The molecule has 0 aliphatic carbocycles. The second-order valence-electron chi connectivity index (χ2n) is 9.48. The van der Waals surface area contributed by atoms with Crippen LogP contribution in [0.1, 0.15) is 43.6 Å². The molecule has 0 radical (unpaired) electrons. The number of methoxy groups -OCH3 is 3. The molecule has 4 aromatic carbocycles. The number of esters is 1. The summed E-state index contributed by atoms with van der Waals surface area (Å²) in [6.45, 7) is 2.02. The van der Waals surface area contributed by atoms with Gasteiger partial charge in [0.05, 0.1) is 44.6 Å². The Morgan fingerprint density at radius 1 is 0.787 bits per heavy atom. The fourth-order valence-electron chi connectivity index (χ4n) is 4.22. The Labute approximate surface area is 269 Å². The Morgan fingerprint density at radius 3 is 2.11 bits per heavy atom. The Bertz CT molecular complexity index is 1800. The van der Waals surface area contributed by atoms with E-state index in [1.54, 1.807) is 37.3 Å². The molecule has 0 heterocycles. The van der Waals surface area contributed by atoms with Crippen molar-refractivity contribution in [2.45, 2.75) is 6.92 Å². The molecule has 4 aromatic rings. The van der Waals surface area contributed by atoms with E-state index in [4.69, 9.17) is 23.7 Å². The number of benzene rings is 4. The van der Waals surface area contributed by atoms with Crippen LogP contribution in [0.5, 0.6) is 28.7 Å². The Hall–Kier alpha value is -6.44. The Morgan fingerprint density at radius 2 is 1.49 bits per heavy atom. The number of ether oxygens (including phenoxy) is 5. The predicted octanol–water partition coefficient (Wildman–Crippen LogP) is 5.25. The lowest BCUT2D eigenvalue weighted by Crippen LogP contribution is -2.18. The average Bonchev–Trinajstić information content (AvgIpc) is 3.08. The van der Waals surface area contributed by atoms with Crippen molar-refractivity contribution in [3.05, 3.63) is 111 Å². The van der Waals surface area contributed by atoms with Crippen LogP contribution < -0.4 is 34.4 Å². The summed E-state index contributed by atoms with van der Waals surface area (Å²) in [6, 6.07) is 19.0. The molecular weight excluding hydrogens is 612 g/mol. The number of hydrazone groups is 1. The quantitative estimate of drug-likeness (QED) is 0.0643. The number of non-ortho nitro benzene ring substituents is 1. The van der Waals surface area contributed by atoms with Crippen molar-refractivity contribution in [2.24, 2.45) is 5.10 Å². The van der Waals surface area contributed by atoms with E-state index in [1.165, 1.54) is 76.1 Å². The van der Waals surface area contributed by atoms with Gasteiger partial charge in [-0.25, -0.2) is 10.2 Å². The summed E-state index contributed by atoms with van der Waals surface area (Å²) in [4.78, 5) is 48.7. The third-order valence-corrected chi connectivity index (χ3v) is 6.47. The highest BCUT2D eigenvalue weighted by molar-refractivity contribution is 6.06. The number of rotatable bonds is 13. The highest BCUT2D eigenvalue weighted by Crippen LogP contribution is 2.38. The molecule has 0 spiro atoms. The van der Waals surface area contributed by atoms with E-state index >= 15 is 0 Å². The maximum atomic E-state index is 13.0. The number of hydrogen-bond acceptors (Lipinski definition) is 11. The fraction of sp³-hybridized carbons (Fsp3) is 0.152. The van der Waals surface area contributed by atoms with Gasteiger partial charge in [0.1, 0.15) is 0 Å². The molecule has 2 amide bonds. The van der Waals surface area contributed by atoms with E-state index < -0.39 is 22.7 Å². The second-order valence-corrected chi connectivity index (χ2v) is 9.48. The van der Waals surface area contributed by atoms with Crippen LogP contribution in [0.3, 0.4) is 0 Å². The fourth-order valence-corrected chi connectivity index (χ4v) is 4.22. The van der Waals surface area contributed by atoms with Crippen LogP contribution in [0.2, 0.25) is 0 Å². The number of nitrogens with zero attached hydrogens (tertiary/aromatic N) is 2.